The Labute approximate surface area is 218 Å². The molecule has 3 aromatic rings. The highest BCUT2D eigenvalue weighted by molar-refractivity contribution is 6.36. The van der Waals surface area contributed by atoms with E-state index in [1.54, 1.807) is 0 Å². The number of alkyl halides is 3. The summed E-state index contributed by atoms with van der Waals surface area (Å²) < 4.78 is 85.1. The Kier molecular flexibility index (Phi) is 6.17. The van der Waals surface area contributed by atoms with Crippen LogP contribution in [-0.4, -0.2) is 36.3 Å². The van der Waals surface area contributed by atoms with Gasteiger partial charge in [-0.3, -0.25) is 0 Å². The number of nitrogens with two attached hydrogens (primary N) is 1. The predicted molar refractivity (Wildman–Crippen MR) is 130 cm³/mol. The SMILES string of the molecule is COc1nc2c3c(c(Cl)c(-c4c(F)c(N)cc(C)c4C(F)(F)F)c(F)c3n1)OCC(C)N2CC1CC1C#N. The molecule has 1 aliphatic heterocycles. The highest BCUT2D eigenvalue weighted by Crippen LogP contribution is 2.52. The van der Waals surface area contributed by atoms with Gasteiger partial charge in [-0.2, -0.15) is 28.4 Å². The summed E-state index contributed by atoms with van der Waals surface area (Å²) in [6.07, 6.45) is -4.38. The van der Waals surface area contributed by atoms with Crippen LogP contribution in [0.2, 0.25) is 5.02 Å². The normalized spacial score (nSPS) is 20.6. The molecule has 1 fully saturated rings. The largest absolute Gasteiger partial charge is 0.489 e. The summed E-state index contributed by atoms with van der Waals surface area (Å²) in [7, 11) is 1.25. The molecule has 5 rings (SSSR count). The van der Waals surface area contributed by atoms with E-state index in [1.807, 2.05) is 11.8 Å². The Bertz CT molecular complexity index is 1520. The minimum Gasteiger partial charge on any atom is -0.489 e. The molecular weight excluding hydrogens is 533 g/mol. The fraction of sp³-hybridized carbons (Fsp3) is 0.400. The average Bonchev–Trinajstić information content (AvgIpc) is 3.63. The Morgan fingerprint density at radius 2 is 1.97 bits per heavy atom. The Hall–Kier alpha value is -3.59. The number of ether oxygens (including phenoxy) is 2. The summed E-state index contributed by atoms with van der Waals surface area (Å²) in [5, 5.41) is 8.68. The molecule has 0 amide bonds. The first kappa shape index (κ1) is 26.0. The van der Waals surface area contributed by atoms with Crippen LogP contribution in [0.3, 0.4) is 0 Å². The fourth-order valence-electron chi connectivity index (χ4n) is 4.94. The van der Waals surface area contributed by atoms with Gasteiger partial charge in [0.05, 0.1) is 46.8 Å². The van der Waals surface area contributed by atoms with Crippen molar-refractivity contribution in [3.63, 3.8) is 0 Å². The maximum Gasteiger partial charge on any atom is 0.417 e. The Morgan fingerprint density at radius 1 is 1.26 bits per heavy atom. The number of methoxy groups -OCH3 is 1. The van der Waals surface area contributed by atoms with Crippen molar-refractivity contribution in [2.45, 2.75) is 32.5 Å². The van der Waals surface area contributed by atoms with Crippen molar-refractivity contribution in [3.8, 4) is 29.0 Å². The molecule has 0 radical (unpaired) electrons. The third kappa shape index (κ3) is 4.00. The van der Waals surface area contributed by atoms with E-state index in [0.29, 0.717) is 13.0 Å². The van der Waals surface area contributed by atoms with Crippen LogP contribution in [0.4, 0.5) is 33.5 Å². The maximum absolute atomic E-state index is 16.3. The van der Waals surface area contributed by atoms with E-state index in [9.17, 15) is 18.4 Å². The van der Waals surface area contributed by atoms with E-state index in [2.05, 4.69) is 16.0 Å². The van der Waals surface area contributed by atoms with Crippen LogP contribution in [0.15, 0.2) is 6.07 Å². The molecule has 200 valence electrons. The second-order valence-corrected chi connectivity index (χ2v) is 9.86. The minimum atomic E-state index is -5.06. The van der Waals surface area contributed by atoms with Crippen LogP contribution in [0, 0.1) is 41.7 Å². The molecule has 2 aromatic carbocycles. The molecule has 13 heteroatoms. The van der Waals surface area contributed by atoms with E-state index < -0.39 is 56.3 Å². The van der Waals surface area contributed by atoms with Gasteiger partial charge in [-0.1, -0.05) is 11.6 Å². The number of anilines is 2. The molecular formula is C25H21ClF5N5O2. The zero-order valence-electron chi connectivity index (χ0n) is 20.4. The van der Waals surface area contributed by atoms with Gasteiger partial charge in [0.2, 0.25) is 0 Å². The second kappa shape index (κ2) is 9.01. The Balaban J connectivity index is 1.86. The van der Waals surface area contributed by atoms with Gasteiger partial charge in [0, 0.05) is 17.7 Å². The molecule has 1 saturated carbocycles. The number of hydrogen-bond acceptors (Lipinski definition) is 7. The van der Waals surface area contributed by atoms with Gasteiger partial charge in [0.1, 0.15) is 17.9 Å². The summed E-state index contributed by atoms with van der Waals surface area (Å²) in [5.41, 5.74) is 0.746. The third-order valence-corrected chi connectivity index (χ3v) is 7.30. The smallest absolute Gasteiger partial charge is 0.417 e. The number of aromatic nitrogens is 2. The Morgan fingerprint density at radius 3 is 2.58 bits per heavy atom. The second-order valence-electron chi connectivity index (χ2n) is 9.48. The van der Waals surface area contributed by atoms with Gasteiger partial charge in [0.25, 0.3) is 0 Å². The summed E-state index contributed by atoms with van der Waals surface area (Å²) in [6, 6.07) is 2.42. The number of halogens is 6. The first-order chi connectivity index (χ1) is 17.9. The number of hydrogen-bond donors (Lipinski definition) is 1. The highest BCUT2D eigenvalue weighted by atomic mass is 35.5. The number of benzene rings is 2. The van der Waals surface area contributed by atoms with Crippen molar-refractivity contribution in [2.24, 2.45) is 11.8 Å². The van der Waals surface area contributed by atoms with E-state index in [4.69, 9.17) is 26.8 Å². The number of nitrogen functional groups attached to an aromatic ring is 1. The number of rotatable bonds is 4. The lowest BCUT2D eigenvalue weighted by Gasteiger charge is -2.28. The van der Waals surface area contributed by atoms with Crippen LogP contribution < -0.4 is 20.1 Å². The molecule has 1 aromatic heterocycles. The molecule has 7 nitrogen and oxygen atoms in total. The first-order valence-electron chi connectivity index (χ1n) is 11.6. The monoisotopic (exact) mass is 553 g/mol. The molecule has 1 aliphatic carbocycles. The van der Waals surface area contributed by atoms with Crippen molar-refractivity contribution < 1.29 is 31.4 Å². The lowest BCUT2D eigenvalue weighted by Crippen LogP contribution is -2.38. The molecule has 0 bridgehead atoms. The molecule has 2 N–H and O–H groups in total. The van der Waals surface area contributed by atoms with Gasteiger partial charge >= 0.3 is 12.2 Å². The lowest BCUT2D eigenvalue weighted by atomic mass is 9.92. The number of nitrogens with zero attached hydrogens (tertiary/aromatic N) is 4. The van der Waals surface area contributed by atoms with E-state index in [1.165, 1.54) is 7.11 Å². The fourth-order valence-corrected chi connectivity index (χ4v) is 5.26. The molecule has 0 spiro atoms. The minimum absolute atomic E-state index is 0.00477. The number of nitriles is 1. The highest BCUT2D eigenvalue weighted by Gasteiger charge is 2.43. The van der Waals surface area contributed by atoms with Crippen LogP contribution in [0.5, 0.6) is 11.8 Å². The summed E-state index contributed by atoms with van der Waals surface area (Å²) in [4.78, 5) is 10.3. The van der Waals surface area contributed by atoms with Crippen molar-refractivity contribution in [1.82, 2.24) is 9.97 Å². The van der Waals surface area contributed by atoms with Crippen molar-refractivity contribution in [3.05, 3.63) is 33.9 Å². The summed E-state index contributed by atoms with van der Waals surface area (Å²) in [5.74, 6) is -2.89. The van der Waals surface area contributed by atoms with Crippen molar-refractivity contribution in [2.75, 3.05) is 30.9 Å². The maximum atomic E-state index is 16.3. The molecule has 0 saturated heterocycles. The summed E-state index contributed by atoms with van der Waals surface area (Å²) in [6.45, 7) is 3.28. The zero-order chi connectivity index (χ0) is 27.7. The number of aryl methyl sites for hydroxylation is 1. The van der Waals surface area contributed by atoms with Gasteiger partial charge < -0.3 is 20.1 Å². The third-order valence-electron chi connectivity index (χ3n) is 6.94. The van der Waals surface area contributed by atoms with Crippen molar-refractivity contribution >= 4 is 34.0 Å². The molecule has 2 heterocycles. The van der Waals surface area contributed by atoms with Gasteiger partial charge in [-0.25, -0.2) is 8.78 Å². The lowest BCUT2D eigenvalue weighted by molar-refractivity contribution is -0.137. The average molecular weight is 554 g/mol. The van der Waals surface area contributed by atoms with Gasteiger partial charge in [-0.05, 0) is 37.8 Å². The standard InChI is InChI=1S/C25H21ClF5N5O2/c1-9-4-13(33)19(27)14(17(9)25(29,30)31)15-18(26)22-16-21(20(15)28)34-24(37-3)35-23(16)36(10(2)8-38-22)7-12-5-11(12)6-32/h4,10-12H,5,7-8,33H2,1-3H3. The molecule has 2 aliphatic rings. The van der Waals surface area contributed by atoms with E-state index in [-0.39, 0.29) is 47.4 Å². The molecule has 3 unspecified atom stereocenters. The topological polar surface area (TPSA) is 97.3 Å². The van der Waals surface area contributed by atoms with E-state index >= 15 is 8.78 Å². The molecule has 3 atom stereocenters. The van der Waals surface area contributed by atoms with E-state index in [0.717, 1.165) is 13.0 Å². The van der Waals surface area contributed by atoms with Crippen molar-refractivity contribution in [1.29, 1.82) is 5.26 Å². The summed E-state index contributed by atoms with van der Waals surface area (Å²) >= 11 is 6.55. The van der Waals surface area contributed by atoms with Crippen LogP contribution in [0.1, 0.15) is 24.5 Å². The van der Waals surface area contributed by atoms with Gasteiger partial charge in [0.15, 0.2) is 17.4 Å². The van der Waals surface area contributed by atoms with Crippen LogP contribution in [0.25, 0.3) is 22.0 Å². The molecule has 38 heavy (non-hydrogen) atoms. The predicted octanol–water partition coefficient (Wildman–Crippen LogP) is 5.89. The van der Waals surface area contributed by atoms with Crippen LogP contribution in [-0.2, 0) is 6.18 Å². The quantitative estimate of drug-likeness (QED) is 0.318. The van der Waals surface area contributed by atoms with Gasteiger partial charge in [-0.15, -0.1) is 0 Å². The zero-order valence-corrected chi connectivity index (χ0v) is 21.1. The first-order valence-corrected chi connectivity index (χ1v) is 12.0. The van der Waals surface area contributed by atoms with Crippen LogP contribution >= 0.6 is 11.6 Å².